The maximum atomic E-state index is 12.8. The van der Waals surface area contributed by atoms with E-state index in [1.165, 1.54) is 11.3 Å². The number of amides is 1. The molecule has 4 rings (SSSR count). The van der Waals surface area contributed by atoms with Gasteiger partial charge in [-0.2, -0.15) is 0 Å². The molecular weight excluding hydrogens is 541 g/mol. The van der Waals surface area contributed by atoms with E-state index in [0.717, 1.165) is 0 Å². The van der Waals surface area contributed by atoms with Gasteiger partial charge in [0, 0.05) is 49.5 Å². The van der Waals surface area contributed by atoms with E-state index < -0.39 is 35.2 Å². The Balaban J connectivity index is 0.00000342. The number of hydrazine groups is 1. The van der Waals surface area contributed by atoms with Crippen LogP contribution in [0.2, 0.25) is 10.0 Å². The van der Waals surface area contributed by atoms with Crippen molar-refractivity contribution < 1.29 is 24.6 Å². The van der Waals surface area contributed by atoms with Gasteiger partial charge >= 0.3 is 11.9 Å². The third kappa shape index (κ3) is 5.30. The second-order valence-electron chi connectivity index (χ2n) is 8.70. The van der Waals surface area contributed by atoms with Crippen LogP contribution in [0.15, 0.2) is 11.6 Å². The number of hydrogen-bond donors (Lipinski definition) is 4. The van der Waals surface area contributed by atoms with Gasteiger partial charge in [0.15, 0.2) is 0 Å². The van der Waals surface area contributed by atoms with E-state index in [2.05, 4.69) is 15.3 Å². The Morgan fingerprint density at radius 1 is 1.23 bits per heavy atom. The van der Waals surface area contributed by atoms with Crippen LogP contribution in [-0.2, 0) is 15.0 Å². The summed E-state index contributed by atoms with van der Waals surface area (Å²) in [5.74, 6) is -3.37. The van der Waals surface area contributed by atoms with Crippen LogP contribution in [0.3, 0.4) is 0 Å². The first-order chi connectivity index (χ1) is 16.1. The molecule has 2 aliphatic rings. The molecule has 2 aromatic rings. The zero-order chi connectivity index (χ0) is 24.6. The van der Waals surface area contributed by atoms with Crippen molar-refractivity contribution in [2.24, 2.45) is 5.92 Å². The number of nitrogens with one attached hydrogen (secondary N) is 2. The number of carboxylic acids is 2. The number of H-pyrrole nitrogens is 1. The van der Waals surface area contributed by atoms with E-state index in [9.17, 15) is 24.6 Å². The average Bonchev–Trinajstić information content (AvgIpc) is 3.44. The standard InChI is InChI=1S/C21H25Cl2N5O5S.ClH/c1-11-14(22)15(23)16(25-11)17(29)26-13-3-7-27(9-12(13)18(30)31)28-6-2-4-21(10-28,20(32)33)19-24-5-8-34-19;/h5,8,12-13,25H,2-4,6-7,9-10H2,1H3,(H,26,29)(H,30,31)(H,32,33);1H/t12-,13+,21?;/m0./s1. The van der Waals surface area contributed by atoms with Gasteiger partial charge in [-0.3, -0.25) is 14.4 Å². The smallest absolute Gasteiger partial charge is 0.318 e. The van der Waals surface area contributed by atoms with E-state index in [4.69, 9.17) is 23.2 Å². The highest BCUT2D eigenvalue weighted by molar-refractivity contribution is 7.09. The van der Waals surface area contributed by atoms with Crippen molar-refractivity contribution in [1.29, 1.82) is 0 Å². The summed E-state index contributed by atoms with van der Waals surface area (Å²) in [6.45, 7) is 3.15. The Morgan fingerprint density at radius 3 is 2.54 bits per heavy atom. The van der Waals surface area contributed by atoms with Crippen molar-refractivity contribution in [2.45, 2.75) is 37.6 Å². The van der Waals surface area contributed by atoms with Crippen molar-refractivity contribution in [2.75, 3.05) is 26.2 Å². The molecule has 2 aliphatic heterocycles. The van der Waals surface area contributed by atoms with Crippen molar-refractivity contribution in [3.05, 3.63) is 38.0 Å². The predicted octanol–water partition coefficient (Wildman–Crippen LogP) is 3.05. The summed E-state index contributed by atoms with van der Waals surface area (Å²) in [5.41, 5.74) is -0.479. The number of aromatic amines is 1. The van der Waals surface area contributed by atoms with Crippen molar-refractivity contribution in [1.82, 2.24) is 25.3 Å². The van der Waals surface area contributed by atoms with E-state index in [0.29, 0.717) is 43.1 Å². The third-order valence-corrected chi connectivity index (χ3v) is 8.55. The molecule has 0 bridgehead atoms. The summed E-state index contributed by atoms with van der Waals surface area (Å²) in [6, 6.07) is -0.618. The van der Waals surface area contributed by atoms with Crippen LogP contribution in [0.4, 0.5) is 0 Å². The van der Waals surface area contributed by atoms with Crippen LogP contribution in [0, 0.1) is 12.8 Å². The minimum absolute atomic E-state index is 0. The van der Waals surface area contributed by atoms with Crippen molar-refractivity contribution in [3.63, 3.8) is 0 Å². The van der Waals surface area contributed by atoms with E-state index in [1.807, 2.05) is 10.0 Å². The maximum absolute atomic E-state index is 12.8. The van der Waals surface area contributed by atoms with Crippen LogP contribution in [0.5, 0.6) is 0 Å². The third-order valence-electron chi connectivity index (χ3n) is 6.63. The first-order valence-electron chi connectivity index (χ1n) is 10.8. The zero-order valence-electron chi connectivity index (χ0n) is 18.8. The lowest BCUT2D eigenvalue weighted by molar-refractivity contribution is -0.159. The van der Waals surface area contributed by atoms with E-state index in [1.54, 1.807) is 18.5 Å². The van der Waals surface area contributed by atoms with Crippen LogP contribution in [0.1, 0.15) is 40.5 Å². The average molecular weight is 567 g/mol. The number of rotatable bonds is 6. The fraction of sp³-hybridized carbons (Fsp3) is 0.524. The molecule has 0 saturated carbocycles. The number of piperidine rings is 2. The molecule has 2 saturated heterocycles. The molecule has 1 unspecified atom stereocenters. The van der Waals surface area contributed by atoms with Gasteiger partial charge in [-0.25, -0.2) is 15.0 Å². The molecule has 35 heavy (non-hydrogen) atoms. The second kappa shape index (κ2) is 11.0. The van der Waals surface area contributed by atoms with Crippen LogP contribution < -0.4 is 5.32 Å². The Bertz CT molecular complexity index is 1100. The Kier molecular flexibility index (Phi) is 8.72. The second-order valence-corrected chi connectivity index (χ2v) is 10.3. The topological polar surface area (TPSA) is 139 Å². The van der Waals surface area contributed by atoms with Gasteiger partial charge in [-0.15, -0.1) is 23.7 Å². The minimum Gasteiger partial charge on any atom is -0.481 e. The van der Waals surface area contributed by atoms with E-state index >= 15 is 0 Å². The van der Waals surface area contributed by atoms with E-state index in [-0.39, 0.29) is 41.2 Å². The molecule has 0 radical (unpaired) electrons. The predicted molar refractivity (Wildman–Crippen MR) is 134 cm³/mol. The van der Waals surface area contributed by atoms with Gasteiger partial charge in [0.05, 0.1) is 16.0 Å². The van der Waals surface area contributed by atoms with Gasteiger partial charge < -0.3 is 20.5 Å². The summed E-state index contributed by atoms with van der Waals surface area (Å²) in [5, 5.41) is 29.2. The summed E-state index contributed by atoms with van der Waals surface area (Å²) in [7, 11) is 0. The van der Waals surface area contributed by atoms with Gasteiger partial charge in [0.1, 0.15) is 16.1 Å². The summed E-state index contributed by atoms with van der Waals surface area (Å²) in [4.78, 5) is 44.3. The molecule has 2 aromatic heterocycles. The molecule has 4 N–H and O–H groups in total. The van der Waals surface area contributed by atoms with Gasteiger partial charge in [-0.1, -0.05) is 23.2 Å². The number of carbonyl (C=O) groups is 3. The summed E-state index contributed by atoms with van der Waals surface area (Å²) < 4.78 is 0. The molecule has 1 amide bonds. The number of carbonyl (C=O) groups excluding carboxylic acids is 1. The highest BCUT2D eigenvalue weighted by Crippen LogP contribution is 2.37. The molecule has 10 nitrogen and oxygen atoms in total. The Morgan fingerprint density at radius 2 is 1.97 bits per heavy atom. The van der Waals surface area contributed by atoms with Gasteiger partial charge in [0.2, 0.25) is 0 Å². The number of aliphatic carboxylic acids is 2. The number of nitrogens with zero attached hydrogens (tertiary/aromatic N) is 3. The summed E-state index contributed by atoms with van der Waals surface area (Å²) >= 11 is 13.5. The van der Waals surface area contributed by atoms with Gasteiger partial charge in [-0.05, 0) is 26.2 Å². The molecular formula is C21H26Cl3N5O5S. The molecule has 0 aliphatic carbocycles. The lowest BCUT2D eigenvalue weighted by Crippen LogP contribution is -2.62. The van der Waals surface area contributed by atoms with Crippen molar-refractivity contribution >= 4 is 64.8 Å². The quantitative estimate of drug-likeness (QED) is 0.418. The molecule has 0 aromatic carbocycles. The number of aryl methyl sites for hydroxylation is 1. The zero-order valence-corrected chi connectivity index (χ0v) is 21.9. The van der Waals surface area contributed by atoms with Crippen LogP contribution in [0.25, 0.3) is 0 Å². The van der Waals surface area contributed by atoms with Gasteiger partial charge in [0.25, 0.3) is 5.91 Å². The lowest BCUT2D eigenvalue weighted by atomic mass is 9.80. The molecule has 2 fully saturated rings. The van der Waals surface area contributed by atoms with Crippen LogP contribution >= 0.6 is 46.9 Å². The molecule has 4 heterocycles. The summed E-state index contributed by atoms with van der Waals surface area (Å²) in [6.07, 6.45) is 3.09. The number of carboxylic acid groups (broad SMARTS) is 2. The Hall–Kier alpha value is -1.89. The lowest BCUT2D eigenvalue weighted by Gasteiger charge is -2.47. The first kappa shape index (κ1) is 27.7. The number of thiazole rings is 1. The highest BCUT2D eigenvalue weighted by Gasteiger charge is 2.48. The minimum atomic E-state index is -1.13. The fourth-order valence-electron chi connectivity index (χ4n) is 4.76. The Labute approximate surface area is 222 Å². The number of aromatic nitrogens is 2. The fourth-order valence-corrected chi connectivity index (χ4v) is 6.03. The monoisotopic (exact) mass is 565 g/mol. The maximum Gasteiger partial charge on any atom is 0.318 e. The largest absolute Gasteiger partial charge is 0.481 e. The SMILES string of the molecule is Cc1[nH]c(C(=O)N[C@@H]2CCN(N3CCCC(C(=O)O)(c4nccs4)C3)C[C@@H]2C(=O)O)c(Cl)c1Cl.Cl. The first-order valence-corrected chi connectivity index (χ1v) is 12.5. The normalized spacial score (nSPS) is 25.6. The molecule has 0 spiro atoms. The highest BCUT2D eigenvalue weighted by atomic mass is 35.5. The molecule has 3 atom stereocenters. The molecule has 192 valence electrons. The number of halogens is 3. The number of hydrogen-bond acceptors (Lipinski definition) is 7. The van der Waals surface area contributed by atoms with Crippen LogP contribution in [-0.4, -0.2) is 80.3 Å². The molecule has 14 heteroatoms. The van der Waals surface area contributed by atoms with Crippen molar-refractivity contribution in [3.8, 4) is 0 Å².